The summed E-state index contributed by atoms with van der Waals surface area (Å²) in [6.07, 6.45) is 15.5. The lowest BCUT2D eigenvalue weighted by atomic mass is 9.72. The lowest BCUT2D eigenvalue weighted by molar-refractivity contribution is -0.112. The molecule has 0 spiro atoms. The van der Waals surface area contributed by atoms with Gasteiger partial charge in [0.15, 0.2) is 0 Å². The quantitative estimate of drug-likeness (QED) is 0.565. The Morgan fingerprint density at radius 1 is 1.22 bits per heavy atom. The first kappa shape index (κ1) is 20.6. The van der Waals surface area contributed by atoms with E-state index in [0.29, 0.717) is 0 Å². The molecular weight excluding hydrogens is 338 g/mol. The lowest BCUT2D eigenvalue weighted by Crippen LogP contribution is -2.19. The molecule has 0 saturated heterocycles. The van der Waals surface area contributed by atoms with Gasteiger partial charge in [0.25, 0.3) is 5.91 Å². The Hall–Kier alpha value is -2.76. The molecule has 1 amide bonds. The molecule has 1 aromatic heterocycles. The first-order chi connectivity index (χ1) is 12.8. The van der Waals surface area contributed by atoms with E-state index in [9.17, 15) is 4.79 Å². The summed E-state index contributed by atoms with van der Waals surface area (Å²) in [5, 5.41) is 15.4. The van der Waals surface area contributed by atoms with Crippen LogP contribution < -0.4 is 5.32 Å². The van der Waals surface area contributed by atoms with Crippen molar-refractivity contribution in [2.75, 3.05) is 5.32 Å². The number of hydrogen-bond donors (Lipinski definition) is 2. The number of nitrogens with zero attached hydrogens (tertiary/aromatic N) is 3. The molecule has 6 nitrogen and oxygen atoms in total. The molecule has 0 unspecified atom stereocenters. The summed E-state index contributed by atoms with van der Waals surface area (Å²) in [4.78, 5) is 11.8. The highest BCUT2D eigenvalue weighted by atomic mass is 16.1. The Labute approximate surface area is 161 Å². The van der Waals surface area contributed by atoms with Gasteiger partial charge in [-0.25, -0.2) is 5.10 Å². The highest BCUT2D eigenvalue weighted by molar-refractivity contribution is 5.98. The van der Waals surface area contributed by atoms with Crippen molar-refractivity contribution in [1.29, 1.82) is 0 Å². The van der Waals surface area contributed by atoms with Gasteiger partial charge >= 0.3 is 0 Å². The standard InChI is InChI=1S/C21H29N5O/c1-15(11-12-18-17(3)10-7-13-21(18,4)5)8-6-9-16(2)14-19(27)22-20-23-25-26-24-20/h6,8-9,11-12,14H,7,10,13H2,1-5H3,(H2,22,23,24,25,26,27)/b9-6+,12-11+,15-8+,16-14+. The number of allylic oxidation sites excluding steroid dienone is 9. The van der Waals surface area contributed by atoms with Crippen molar-refractivity contribution in [3.8, 4) is 0 Å². The van der Waals surface area contributed by atoms with Crippen LogP contribution in [0.4, 0.5) is 5.95 Å². The SMILES string of the molecule is CC1=C(/C=C/C(C)=C/C=C/C(C)=C/C(=O)Nc2nnn[nH]2)C(C)(C)CCC1. The van der Waals surface area contributed by atoms with Crippen molar-refractivity contribution in [3.63, 3.8) is 0 Å². The van der Waals surface area contributed by atoms with Gasteiger partial charge in [0.1, 0.15) is 0 Å². The highest BCUT2D eigenvalue weighted by Crippen LogP contribution is 2.40. The maximum absolute atomic E-state index is 11.8. The zero-order chi connectivity index (χ0) is 19.9. The van der Waals surface area contributed by atoms with Gasteiger partial charge in [-0.2, -0.15) is 0 Å². The Balaban J connectivity index is 1.95. The van der Waals surface area contributed by atoms with E-state index in [1.54, 1.807) is 0 Å². The Morgan fingerprint density at radius 2 is 2.00 bits per heavy atom. The zero-order valence-corrected chi connectivity index (χ0v) is 16.8. The number of tetrazole rings is 1. The normalized spacial score (nSPS) is 18.6. The van der Waals surface area contributed by atoms with Crippen molar-refractivity contribution in [2.24, 2.45) is 5.41 Å². The number of nitrogens with one attached hydrogen (secondary N) is 2. The molecule has 144 valence electrons. The average Bonchev–Trinajstić information content (AvgIpc) is 3.06. The van der Waals surface area contributed by atoms with Crippen LogP contribution in [-0.2, 0) is 4.79 Å². The van der Waals surface area contributed by atoms with Crippen LogP contribution in [0.3, 0.4) is 0 Å². The molecule has 0 fully saturated rings. The van der Waals surface area contributed by atoms with Crippen molar-refractivity contribution in [2.45, 2.75) is 53.9 Å². The zero-order valence-electron chi connectivity index (χ0n) is 16.8. The Bertz CT molecular complexity index is 808. The Kier molecular flexibility index (Phi) is 7.05. The van der Waals surface area contributed by atoms with E-state index in [-0.39, 0.29) is 17.3 Å². The van der Waals surface area contributed by atoms with Crippen LogP contribution in [0.1, 0.15) is 53.9 Å². The summed E-state index contributed by atoms with van der Waals surface area (Å²) < 4.78 is 0. The van der Waals surface area contributed by atoms with Crippen molar-refractivity contribution in [1.82, 2.24) is 20.6 Å². The molecule has 2 N–H and O–H groups in total. The largest absolute Gasteiger partial charge is 0.290 e. The van der Waals surface area contributed by atoms with Crippen molar-refractivity contribution >= 4 is 11.9 Å². The minimum Gasteiger partial charge on any atom is -0.290 e. The molecule has 2 rings (SSSR count). The van der Waals surface area contributed by atoms with Gasteiger partial charge in [0.05, 0.1) is 0 Å². The number of carbonyl (C=O) groups excluding carboxylic acids is 1. The van der Waals surface area contributed by atoms with E-state index in [2.05, 4.69) is 65.8 Å². The number of carbonyl (C=O) groups is 1. The molecule has 6 heteroatoms. The van der Waals surface area contributed by atoms with Crippen LogP contribution in [0, 0.1) is 5.41 Å². The van der Waals surface area contributed by atoms with E-state index in [1.165, 1.54) is 36.5 Å². The molecule has 0 aliphatic heterocycles. The van der Waals surface area contributed by atoms with Crippen LogP contribution >= 0.6 is 0 Å². The minimum absolute atomic E-state index is 0.226. The fourth-order valence-electron chi connectivity index (χ4n) is 3.25. The molecule has 1 aliphatic rings. The maximum atomic E-state index is 11.8. The van der Waals surface area contributed by atoms with E-state index in [4.69, 9.17) is 0 Å². The van der Waals surface area contributed by atoms with Gasteiger partial charge < -0.3 is 0 Å². The number of aromatic nitrogens is 4. The molecule has 1 aromatic rings. The first-order valence-corrected chi connectivity index (χ1v) is 9.24. The molecule has 0 radical (unpaired) electrons. The van der Waals surface area contributed by atoms with Gasteiger partial charge in [-0.15, -0.1) is 0 Å². The maximum Gasteiger partial charge on any atom is 0.251 e. The third-order valence-electron chi connectivity index (χ3n) is 4.72. The molecule has 1 heterocycles. The second kappa shape index (κ2) is 9.26. The molecule has 0 atom stereocenters. The topological polar surface area (TPSA) is 83.6 Å². The average molecular weight is 367 g/mol. The summed E-state index contributed by atoms with van der Waals surface area (Å²) in [5.74, 6) is -0.0534. The summed E-state index contributed by atoms with van der Waals surface area (Å²) in [6, 6.07) is 0. The molecular formula is C21H29N5O. The van der Waals surface area contributed by atoms with Gasteiger partial charge in [-0.1, -0.05) is 60.5 Å². The van der Waals surface area contributed by atoms with E-state index in [0.717, 1.165) is 11.1 Å². The van der Waals surface area contributed by atoms with Crippen LogP contribution in [-0.4, -0.2) is 26.5 Å². The Morgan fingerprint density at radius 3 is 2.67 bits per heavy atom. The fraction of sp³-hybridized carbons (Fsp3) is 0.429. The molecule has 0 bridgehead atoms. The monoisotopic (exact) mass is 367 g/mol. The number of aromatic amines is 1. The molecule has 0 saturated carbocycles. The van der Waals surface area contributed by atoms with Crippen LogP contribution in [0.2, 0.25) is 0 Å². The van der Waals surface area contributed by atoms with Crippen LogP contribution in [0.25, 0.3) is 0 Å². The molecule has 27 heavy (non-hydrogen) atoms. The van der Waals surface area contributed by atoms with Gasteiger partial charge in [0.2, 0.25) is 5.95 Å². The predicted octanol–water partition coefficient (Wildman–Crippen LogP) is 4.67. The van der Waals surface area contributed by atoms with Crippen molar-refractivity contribution < 1.29 is 4.79 Å². The second-order valence-corrected chi connectivity index (χ2v) is 7.66. The second-order valence-electron chi connectivity index (χ2n) is 7.66. The number of anilines is 1. The summed E-state index contributed by atoms with van der Waals surface area (Å²) in [7, 11) is 0. The molecule has 1 aliphatic carbocycles. The fourth-order valence-corrected chi connectivity index (χ4v) is 3.25. The lowest BCUT2D eigenvalue weighted by Gasteiger charge is -2.32. The minimum atomic E-state index is -0.279. The number of hydrogen-bond acceptors (Lipinski definition) is 4. The van der Waals surface area contributed by atoms with Crippen LogP contribution in [0.5, 0.6) is 0 Å². The summed E-state index contributed by atoms with van der Waals surface area (Å²) in [5.41, 5.74) is 5.20. The summed E-state index contributed by atoms with van der Waals surface area (Å²) >= 11 is 0. The van der Waals surface area contributed by atoms with Gasteiger partial charge in [0, 0.05) is 6.08 Å². The smallest absolute Gasteiger partial charge is 0.251 e. The number of H-pyrrole nitrogens is 1. The first-order valence-electron chi connectivity index (χ1n) is 9.24. The van der Waals surface area contributed by atoms with Gasteiger partial charge in [-0.3, -0.25) is 10.1 Å². The van der Waals surface area contributed by atoms with E-state index >= 15 is 0 Å². The van der Waals surface area contributed by atoms with Crippen LogP contribution in [0.15, 0.2) is 58.7 Å². The number of rotatable bonds is 6. The molecule has 0 aromatic carbocycles. The van der Waals surface area contributed by atoms with Crippen molar-refractivity contribution in [3.05, 3.63) is 58.7 Å². The van der Waals surface area contributed by atoms with Gasteiger partial charge in [-0.05, 0) is 67.0 Å². The third-order valence-corrected chi connectivity index (χ3v) is 4.72. The summed E-state index contributed by atoms with van der Waals surface area (Å²) in [6.45, 7) is 10.8. The number of amides is 1. The van der Waals surface area contributed by atoms with E-state index < -0.39 is 0 Å². The predicted molar refractivity (Wildman–Crippen MR) is 109 cm³/mol. The highest BCUT2D eigenvalue weighted by Gasteiger charge is 2.26. The van der Waals surface area contributed by atoms with E-state index in [1.807, 2.05) is 25.2 Å². The third kappa shape index (κ3) is 6.47.